The Morgan fingerprint density at radius 3 is 2.79 bits per heavy atom. The number of hydrogen-bond donors (Lipinski definition) is 2. The average molecular weight is 266 g/mol. The van der Waals surface area contributed by atoms with Crippen LogP contribution in [0, 0.1) is 0 Å². The van der Waals surface area contributed by atoms with E-state index in [1.165, 1.54) is 0 Å². The Kier molecular flexibility index (Phi) is 4.36. The summed E-state index contributed by atoms with van der Waals surface area (Å²) in [7, 11) is 3.81. The molecule has 0 aliphatic carbocycles. The van der Waals surface area contributed by atoms with Gasteiger partial charge < -0.3 is 20.2 Å². The average Bonchev–Trinajstić information content (AvgIpc) is 2.87. The summed E-state index contributed by atoms with van der Waals surface area (Å²) >= 11 is 0. The summed E-state index contributed by atoms with van der Waals surface area (Å²) < 4.78 is 0. The van der Waals surface area contributed by atoms with E-state index in [2.05, 4.69) is 25.2 Å². The molecule has 1 aliphatic heterocycles. The molecule has 0 bridgehead atoms. The SMILES string of the molecule is CCNc1nc(N(C)C)nc(N2CCCC2CO)n1. The molecular weight excluding hydrogens is 244 g/mol. The molecule has 2 rings (SSSR count). The van der Waals surface area contributed by atoms with E-state index in [-0.39, 0.29) is 12.6 Å². The molecule has 0 aromatic carbocycles. The molecule has 1 unspecified atom stereocenters. The second-order valence-corrected chi connectivity index (χ2v) is 4.86. The van der Waals surface area contributed by atoms with E-state index in [1.807, 2.05) is 25.9 Å². The first kappa shape index (κ1) is 13.8. The van der Waals surface area contributed by atoms with Crippen LogP contribution in [-0.4, -0.2) is 59.9 Å². The maximum Gasteiger partial charge on any atom is 0.232 e. The van der Waals surface area contributed by atoms with Gasteiger partial charge in [-0.25, -0.2) is 0 Å². The zero-order valence-corrected chi connectivity index (χ0v) is 11.8. The van der Waals surface area contributed by atoms with Gasteiger partial charge in [-0.1, -0.05) is 0 Å². The number of aliphatic hydroxyl groups excluding tert-OH is 1. The lowest BCUT2D eigenvalue weighted by Gasteiger charge is -2.24. The van der Waals surface area contributed by atoms with Crippen molar-refractivity contribution < 1.29 is 5.11 Å². The maximum atomic E-state index is 9.41. The number of anilines is 3. The zero-order chi connectivity index (χ0) is 13.8. The number of nitrogens with zero attached hydrogens (tertiary/aromatic N) is 5. The van der Waals surface area contributed by atoms with Gasteiger partial charge in [0.05, 0.1) is 12.6 Å². The molecule has 1 aromatic rings. The number of rotatable bonds is 5. The molecule has 1 fully saturated rings. The van der Waals surface area contributed by atoms with Crippen LogP contribution in [0.15, 0.2) is 0 Å². The summed E-state index contributed by atoms with van der Waals surface area (Å²) in [6.07, 6.45) is 2.04. The predicted octanol–water partition coefficient (Wildman–Crippen LogP) is 0.330. The number of nitrogens with one attached hydrogen (secondary N) is 1. The molecule has 0 spiro atoms. The Hall–Kier alpha value is -1.63. The highest BCUT2D eigenvalue weighted by Crippen LogP contribution is 2.24. The monoisotopic (exact) mass is 266 g/mol. The Morgan fingerprint density at radius 2 is 2.16 bits per heavy atom. The summed E-state index contributed by atoms with van der Waals surface area (Å²) in [4.78, 5) is 17.2. The van der Waals surface area contributed by atoms with Crippen molar-refractivity contribution in [3.63, 3.8) is 0 Å². The predicted molar refractivity (Wildman–Crippen MR) is 75.8 cm³/mol. The second kappa shape index (κ2) is 6.01. The largest absolute Gasteiger partial charge is 0.394 e. The van der Waals surface area contributed by atoms with Gasteiger partial charge in [0.2, 0.25) is 17.8 Å². The molecule has 1 saturated heterocycles. The second-order valence-electron chi connectivity index (χ2n) is 4.86. The molecular formula is C12H22N6O. The smallest absolute Gasteiger partial charge is 0.232 e. The molecule has 0 amide bonds. The molecule has 19 heavy (non-hydrogen) atoms. The third-order valence-corrected chi connectivity index (χ3v) is 3.19. The van der Waals surface area contributed by atoms with Crippen LogP contribution in [0.4, 0.5) is 17.8 Å². The third-order valence-electron chi connectivity index (χ3n) is 3.19. The fourth-order valence-electron chi connectivity index (χ4n) is 2.21. The molecule has 1 aromatic heterocycles. The zero-order valence-electron chi connectivity index (χ0n) is 11.8. The van der Waals surface area contributed by atoms with Crippen molar-refractivity contribution in [2.45, 2.75) is 25.8 Å². The van der Waals surface area contributed by atoms with Crippen LogP contribution in [0.25, 0.3) is 0 Å². The van der Waals surface area contributed by atoms with E-state index in [0.29, 0.717) is 17.8 Å². The normalized spacial score (nSPS) is 18.7. The first-order chi connectivity index (χ1) is 9.15. The Balaban J connectivity index is 2.32. The summed E-state index contributed by atoms with van der Waals surface area (Å²) in [5.41, 5.74) is 0. The minimum Gasteiger partial charge on any atom is -0.394 e. The van der Waals surface area contributed by atoms with Crippen molar-refractivity contribution >= 4 is 17.8 Å². The highest BCUT2D eigenvalue weighted by Gasteiger charge is 2.27. The molecule has 1 atom stereocenters. The van der Waals surface area contributed by atoms with Crippen LogP contribution in [0.3, 0.4) is 0 Å². The lowest BCUT2D eigenvalue weighted by Crippen LogP contribution is -2.34. The Labute approximate surface area is 113 Å². The van der Waals surface area contributed by atoms with Gasteiger partial charge in [0.1, 0.15) is 0 Å². The summed E-state index contributed by atoms with van der Waals surface area (Å²) in [6.45, 7) is 3.79. The number of hydrogen-bond acceptors (Lipinski definition) is 7. The van der Waals surface area contributed by atoms with Crippen LogP contribution >= 0.6 is 0 Å². The minimum atomic E-state index is 0.117. The molecule has 2 N–H and O–H groups in total. The van der Waals surface area contributed by atoms with Crippen molar-refractivity contribution in [1.82, 2.24) is 15.0 Å². The van der Waals surface area contributed by atoms with Gasteiger partial charge in [-0.2, -0.15) is 15.0 Å². The number of aliphatic hydroxyl groups is 1. The lowest BCUT2D eigenvalue weighted by atomic mass is 10.2. The van der Waals surface area contributed by atoms with Crippen LogP contribution < -0.4 is 15.1 Å². The molecule has 0 saturated carbocycles. The summed E-state index contributed by atoms with van der Waals surface area (Å²) in [5, 5.41) is 12.5. The topological polar surface area (TPSA) is 77.4 Å². The quantitative estimate of drug-likeness (QED) is 0.795. The van der Waals surface area contributed by atoms with Gasteiger partial charge in [0, 0.05) is 27.2 Å². The first-order valence-electron chi connectivity index (χ1n) is 6.70. The first-order valence-corrected chi connectivity index (χ1v) is 6.70. The molecule has 0 radical (unpaired) electrons. The van der Waals surface area contributed by atoms with Crippen molar-refractivity contribution in [3.05, 3.63) is 0 Å². The van der Waals surface area contributed by atoms with E-state index in [9.17, 15) is 5.11 Å². The molecule has 1 aliphatic rings. The van der Waals surface area contributed by atoms with E-state index < -0.39 is 0 Å². The Bertz CT molecular complexity index is 425. The van der Waals surface area contributed by atoms with Crippen LogP contribution in [0.2, 0.25) is 0 Å². The van der Waals surface area contributed by atoms with Crippen molar-refractivity contribution in [1.29, 1.82) is 0 Å². The molecule has 7 nitrogen and oxygen atoms in total. The van der Waals surface area contributed by atoms with Crippen molar-refractivity contribution in [2.75, 3.05) is 48.9 Å². The fourth-order valence-corrected chi connectivity index (χ4v) is 2.21. The maximum absolute atomic E-state index is 9.41. The van der Waals surface area contributed by atoms with Gasteiger partial charge in [-0.15, -0.1) is 0 Å². The van der Waals surface area contributed by atoms with Crippen LogP contribution in [0.5, 0.6) is 0 Å². The van der Waals surface area contributed by atoms with Gasteiger partial charge in [-0.05, 0) is 19.8 Å². The standard InChI is InChI=1S/C12H22N6O/c1-4-13-10-14-11(17(2)3)16-12(15-10)18-7-5-6-9(18)8-19/h9,19H,4-8H2,1-3H3,(H,13,14,15,16). The van der Waals surface area contributed by atoms with Gasteiger partial charge in [0.15, 0.2) is 0 Å². The molecule has 7 heteroatoms. The van der Waals surface area contributed by atoms with Gasteiger partial charge >= 0.3 is 0 Å². The highest BCUT2D eigenvalue weighted by atomic mass is 16.3. The summed E-state index contributed by atoms with van der Waals surface area (Å²) in [6, 6.07) is 0.117. The van der Waals surface area contributed by atoms with Crippen molar-refractivity contribution in [2.24, 2.45) is 0 Å². The fraction of sp³-hybridized carbons (Fsp3) is 0.750. The van der Waals surface area contributed by atoms with Gasteiger partial charge in [0.25, 0.3) is 0 Å². The van der Waals surface area contributed by atoms with Crippen LogP contribution in [0.1, 0.15) is 19.8 Å². The van der Waals surface area contributed by atoms with Gasteiger partial charge in [-0.3, -0.25) is 0 Å². The number of aromatic nitrogens is 3. The van der Waals surface area contributed by atoms with Crippen LogP contribution in [-0.2, 0) is 0 Å². The van der Waals surface area contributed by atoms with E-state index in [0.717, 1.165) is 25.9 Å². The lowest BCUT2D eigenvalue weighted by molar-refractivity contribution is 0.265. The third kappa shape index (κ3) is 3.04. The summed E-state index contributed by atoms with van der Waals surface area (Å²) in [5.74, 6) is 1.86. The van der Waals surface area contributed by atoms with E-state index >= 15 is 0 Å². The molecule has 2 heterocycles. The minimum absolute atomic E-state index is 0.117. The Morgan fingerprint density at radius 1 is 1.37 bits per heavy atom. The molecule has 106 valence electrons. The van der Waals surface area contributed by atoms with E-state index in [1.54, 1.807) is 0 Å². The van der Waals surface area contributed by atoms with Crippen molar-refractivity contribution in [3.8, 4) is 0 Å². The highest BCUT2D eigenvalue weighted by molar-refractivity contribution is 5.45. The van der Waals surface area contributed by atoms with E-state index in [4.69, 9.17) is 0 Å².